The van der Waals surface area contributed by atoms with Gasteiger partial charge < -0.3 is 15.4 Å². The lowest BCUT2D eigenvalue weighted by molar-refractivity contribution is 0.0954. The van der Waals surface area contributed by atoms with E-state index in [1.54, 1.807) is 48.8 Å². The van der Waals surface area contributed by atoms with Crippen molar-refractivity contribution in [1.82, 2.24) is 10.3 Å². The molecule has 0 bridgehead atoms. The van der Waals surface area contributed by atoms with E-state index in [-0.39, 0.29) is 11.8 Å². The molecule has 2 N–H and O–H groups in total. The first-order valence-corrected chi connectivity index (χ1v) is 9.80. The summed E-state index contributed by atoms with van der Waals surface area (Å²) in [4.78, 5) is 28.8. The van der Waals surface area contributed by atoms with Gasteiger partial charge in [0, 0.05) is 41.3 Å². The molecule has 0 spiro atoms. The number of ether oxygens (including phenoxy) is 1. The molecule has 0 aliphatic carbocycles. The van der Waals surface area contributed by atoms with E-state index in [1.807, 2.05) is 32.9 Å². The summed E-state index contributed by atoms with van der Waals surface area (Å²) in [5, 5.41) is 5.61. The lowest BCUT2D eigenvalue weighted by atomic mass is 10.0. The van der Waals surface area contributed by atoms with Gasteiger partial charge >= 0.3 is 0 Å². The van der Waals surface area contributed by atoms with Crippen molar-refractivity contribution in [3.63, 3.8) is 0 Å². The number of hydrogen-bond acceptors (Lipinski definition) is 4. The summed E-state index contributed by atoms with van der Waals surface area (Å²) in [6, 6.07) is 14.3. The summed E-state index contributed by atoms with van der Waals surface area (Å²) in [7, 11) is 0. The molecule has 0 radical (unpaired) electrons. The maximum atomic E-state index is 12.8. The van der Waals surface area contributed by atoms with E-state index in [9.17, 15) is 9.59 Å². The lowest BCUT2D eigenvalue weighted by Gasteiger charge is -2.14. The number of pyridine rings is 1. The first-order valence-electron chi connectivity index (χ1n) is 9.80. The van der Waals surface area contributed by atoms with Crippen molar-refractivity contribution in [2.75, 3.05) is 11.9 Å². The van der Waals surface area contributed by atoms with Gasteiger partial charge in [0.2, 0.25) is 0 Å². The number of nitrogens with one attached hydrogen (secondary N) is 2. The molecule has 3 aromatic rings. The van der Waals surface area contributed by atoms with Crippen molar-refractivity contribution in [3.05, 3.63) is 88.7 Å². The summed E-state index contributed by atoms with van der Waals surface area (Å²) in [5.41, 5.74) is 4.32. The molecule has 30 heavy (non-hydrogen) atoms. The Hall–Kier alpha value is -3.67. The summed E-state index contributed by atoms with van der Waals surface area (Å²) in [5.74, 6) is 0.345. The van der Waals surface area contributed by atoms with Crippen molar-refractivity contribution in [2.45, 2.75) is 27.4 Å². The Morgan fingerprint density at radius 3 is 2.40 bits per heavy atom. The van der Waals surface area contributed by atoms with E-state index >= 15 is 0 Å². The molecule has 3 rings (SSSR count). The highest BCUT2D eigenvalue weighted by molar-refractivity contribution is 6.05. The first kappa shape index (κ1) is 21.0. The van der Waals surface area contributed by atoms with Crippen molar-refractivity contribution in [3.8, 4) is 5.75 Å². The van der Waals surface area contributed by atoms with E-state index in [4.69, 9.17) is 4.74 Å². The zero-order chi connectivity index (χ0) is 21.5. The largest absolute Gasteiger partial charge is 0.488 e. The van der Waals surface area contributed by atoms with Gasteiger partial charge in [0.25, 0.3) is 11.8 Å². The van der Waals surface area contributed by atoms with Crippen LogP contribution in [0.4, 0.5) is 5.69 Å². The lowest BCUT2D eigenvalue weighted by Crippen LogP contribution is -2.22. The fourth-order valence-electron chi connectivity index (χ4n) is 3.15. The maximum Gasteiger partial charge on any atom is 0.255 e. The molecule has 6 nitrogen and oxygen atoms in total. The molecular formula is C24H25N3O3. The fourth-order valence-corrected chi connectivity index (χ4v) is 3.15. The highest BCUT2D eigenvalue weighted by Crippen LogP contribution is 2.26. The number of amides is 2. The second kappa shape index (κ2) is 9.69. The van der Waals surface area contributed by atoms with Gasteiger partial charge in [-0.25, -0.2) is 0 Å². The predicted molar refractivity (Wildman–Crippen MR) is 117 cm³/mol. The second-order valence-corrected chi connectivity index (χ2v) is 6.98. The van der Waals surface area contributed by atoms with Crippen LogP contribution in [0.2, 0.25) is 0 Å². The zero-order valence-electron chi connectivity index (χ0n) is 17.4. The van der Waals surface area contributed by atoms with Gasteiger partial charge in [0.15, 0.2) is 0 Å². The SMILES string of the molecule is CCNC(=O)c1cccc(NC(=O)c2cc(C)c(OCc3cccnc3)c(C)c2)c1. The molecule has 1 heterocycles. The zero-order valence-corrected chi connectivity index (χ0v) is 17.4. The van der Waals surface area contributed by atoms with Crippen LogP contribution in [0.3, 0.4) is 0 Å². The Labute approximate surface area is 176 Å². The quantitative estimate of drug-likeness (QED) is 0.617. The molecular weight excluding hydrogens is 378 g/mol. The van der Waals surface area contributed by atoms with Crippen molar-refractivity contribution >= 4 is 17.5 Å². The van der Waals surface area contributed by atoms with E-state index in [2.05, 4.69) is 15.6 Å². The van der Waals surface area contributed by atoms with Crippen LogP contribution in [0.5, 0.6) is 5.75 Å². The molecule has 0 aliphatic heterocycles. The highest BCUT2D eigenvalue weighted by Gasteiger charge is 2.13. The van der Waals surface area contributed by atoms with Crippen LogP contribution in [0.15, 0.2) is 60.9 Å². The van der Waals surface area contributed by atoms with E-state index in [0.29, 0.717) is 30.0 Å². The number of nitrogens with zero attached hydrogens (tertiary/aromatic N) is 1. The smallest absolute Gasteiger partial charge is 0.255 e. The normalized spacial score (nSPS) is 10.4. The van der Waals surface area contributed by atoms with Crippen LogP contribution in [-0.4, -0.2) is 23.3 Å². The Morgan fingerprint density at radius 2 is 1.73 bits per heavy atom. The number of hydrogen-bond donors (Lipinski definition) is 2. The van der Waals surface area contributed by atoms with Crippen LogP contribution < -0.4 is 15.4 Å². The standard InChI is InChI=1S/C24H25N3O3/c1-4-26-23(28)19-8-5-9-21(13-19)27-24(29)20-11-16(2)22(17(3)12-20)30-15-18-7-6-10-25-14-18/h5-14H,4,15H2,1-3H3,(H,26,28)(H,27,29). The Morgan fingerprint density at radius 1 is 0.967 bits per heavy atom. The third kappa shape index (κ3) is 5.23. The molecule has 2 aromatic carbocycles. The summed E-state index contributed by atoms with van der Waals surface area (Å²) >= 11 is 0. The Balaban J connectivity index is 1.72. The van der Waals surface area contributed by atoms with Gasteiger partial charge in [-0.3, -0.25) is 14.6 Å². The molecule has 2 amide bonds. The molecule has 0 saturated carbocycles. The van der Waals surface area contributed by atoms with Crippen LogP contribution in [-0.2, 0) is 6.61 Å². The predicted octanol–water partition coefficient (Wildman–Crippen LogP) is 4.28. The minimum absolute atomic E-state index is 0.171. The van der Waals surface area contributed by atoms with Crippen LogP contribution in [0.25, 0.3) is 0 Å². The van der Waals surface area contributed by atoms with Crippen LogP contribution in [0, 0.1) is 13.8 Å². The number of anilines is 1. The van der Waals surface area contributed by atoms with Gasteiger partial charge in [-0.1, -0.05) is 12.1 Å². The van der Waals surface area contributed by atoms with Crippen molar-refractivity contribution < 1.29 is 14.3 Å². The third-order valence-corrected chi connectivity index (χ3v) is 4.55. The van der Waals surface area contributed by atoms with Gasteiger partial charge in [-0.2, -0.15) is 0 Å². The molecule has 1 aromatic heterocycles. The summed E-state index contributed by atoms with van der Waals surface area (Å²) in [6.07, 6.45) is 3.49. The van der Waals surface area contributed by atoms with E-state index < -0.39 is 0 Å². The number of carbonyl (C=O) groups is 2. The highest BCUT2D eigenvalue weighted by atomic mass is 16.5. The monoisotopic (exact) mass is 403 g/mol. The van der Waals surface area contributed by atoms with Gasteiger partial charge in [-0.15, -0.1) is 0 Å². The minimum Gasteiger partial charge on any atom is -0.488 e. The molecule has 6 heteroatoms. The molecule has 154 valence electrons. The number of aromatic nitrogens is 1. The fraction of sp³-hybridized carbons (Fsp3) is 0.208. The number of aryl methyl sites for hydroxylation is 2. The van der Waals surface area contributed by atoms with Crippen LogP contribution >= 0.6 is 0 Å². The Bertz CT molecular complexity index is 1030. The third-order valence-electron chi connectivity index (χ3n) is 4.55. The maximum absolute atomic E-state index is 12.8. The van der Waals surface area contributed by atoms with Gasteiger partial charge in [-0.05, 0) is 68.3 Å². The molecule has 0 fully saturated rings. The second-order valence-electron chi connectivity index (χ2n) is 6.98. The topological polar surface area (TPSA) is 80.3 Å². The van der Waals surface area contributed by atoms with E-state index in [0.717, 1.165) is 22.4 Å². The van der Waals surface area contributed by atoms with Gasteiger partial charge in [0.1, 0.15) is 12.4 Å². The number of benzene rings is 2. The molecule has 0 atom stereocenters. The summed E-state index contributed by atoms with van der Waals surface area (Å²) in [6.45, 7) is 6.64. The Kier molecular flexibility index (Phi) is 6.80. The van der Waals surface area contributed by atoms with E-state index in [1.165, 1.54) is 0 Å². The molecule has 0 aliphatic rings. The van der Waals surface area contributed by atoms with Crippen molar-refractivity contribution in [1.29, 1.82) is 0 Å². The number of rotatable bonds is 7. The van der Waals surface area contributed by atoms with Gasteiger partial charge in [0.05, 0.1) is 0 Å². The molecule has 0 unspecified atom stereocenters. The first-order chi connectivity index (χ1) is 14.5. The average molecular weight is 403 g/mol. The van der Waals surface area contributed by atoms with Crippen LogP contribution in [0.1, 0.15) is 44.3 Å². The average Bonchev–Trinajstić information content (AvgIpc) is 2.74. The summed E-state index contributed by atoms with van der Waals surface area (Å²) < 4.78 is 5.96. The number of carbonyl (C=O) groups excluding carboxylic acids is 2. The minimum atomic E-state index is -0.243. The molecule has 0 saturated heterocycles. The van der Waals surface area contributed by atoms with Crippen molar-refractivity contribution in [2.24, 2.45) is 0 Å².